The maximum absolute atomic E-state index is 12.8. The molecule has 2 aliphatic rings. The third-order valence-corrected chi connectivity index (χ3v) is 6.01. The predicted molar refractivity (Wildman–Crippen MR) is 122 cm³/mol. The first-order valence-electron chi connectivity index (χ1n) is 10.9. The number of amides is 4. The Hall–Kier alpha value is -3.55. The van der Waals surface area contributed by atoms with E-state index in [-0.39, 0.29) is 36.2 Å². The first kappa shape index (κ1) is 21.7. The van der Waals surface area contributed by atoms with Crippen LogP contribution < -0.4 is 20.3 Å². The van der Waals surface area contributed by atoms with E-state index in [0.29, 0.717) is 38.2 Å². The number of carbonyl (C=O) groups excluding carboxylic acids is 3. The van der Waals surface area contributed by atoms with Crippen molar-refractivity contribution in [1.29, 1.82) is 0 Å². The van der Waals surface area contributed by atoms with E-state index in [1.807, 2.05) is 48.5 Å². The number of urea groups is 1. The van der Waals surface area contributed by atoms with Crippen LogP contribution in [-0.2, 0) is 9.59 Å². The molecule has 0 spiro atoms. The van der Waals surface area contributed by atoms with Crippen LogP contribution in [0, 0.1) is 5.92 Å². The van der Waals surface area contributed by atoms with E-state index in [1.54, 1.807) is 23.0 Å². The highest BCUT2D eigenvalue weighted by molar-refractivity contribution is 6.00. The zero-order valence-electron chi connectivity index (χ0n) is 18.1. The van der Waals surface area contributed by atoms with Gasteiger partial charge in [0.05, 0.1) is 13.0 Å². The molecule has 8 heteroatoms. The summed E-state index contributed by atoms with van der Waals surface area (Å²) in [5.74, 6) is 0.126. The summed E-state index contributed by atoms with van der Waals surface area (Å²) in [7, 11) is 1.58. The maximum Gasteiger partial charge on any atom is 0.321 e. The third kappa shape index (κ3) is 5.01. The molecule has 0 radical (unpaired) electrons. The lowest BCUT2D eigenvalue weighted by molar-refractivity contribution is -0.127. The Kier molecular flexibility index (Phi) is 6.58. The van der Waals surface area contributed by atoms with Crippen LogP contribution in [0.15, 0.2) is 54.6 Å². The molecule has 1 atom stereocenters. The number of hydrogen-bond donors (Lipinski definition) is 2. The molecule has 4 amide bonds. The average molecular weight is 437 g/mol. The van der Waals surface area contributed by atoms with Crippen molar-refractivity contribution in [3.8, 4) is 5.75 Å². The summed E-state index contributed by atoms with van der Waals surface area (Å²) in [6.45, 7) is 1.50. The summed E-state index contributed by atoms with van der Waals surface area (Å²) in [5.41, 5.74) is 1.50. The molecule has 4 rings (SSSR count). The topological polar surface area (TPSA) is 91.0 Å². The van der Waals surface area contributed by atoms with E-state index in [2.05, 4.69) is 10.6 Å². The third-order valence-electron chi connectivity index (χ3n) is 6.01. The van der Waals surface area contributed by atoms with Crippen molar-refractivity contribution >= 4 is 29.2 Å². The number of ether oxygens (including phenoxy) is 1. The number of hydrogen-bond acceptors (Lipinski definition) is 4. The lowest BCUT2D eigenvalue weighted by Gasteiger charge is -2.32. The largest absolute Gasteiger partial charge is 0.497 e. The van der Waals surface area contributed by atoms with Crippen LogP contribution in [0.25, 0.3) is 0 Å². The minimum absolute atomic E-state index is 0.00393. The highest BCUT2D eigenvalue weighted by Gasteiger charge is 2.36. The van der Waals surface area contributed by atoms with Gasteiger partial charge in [0.25, 0.3) is 0 Å². The number of piperidine rings is 1. The summed E-state index contributed by atoms with van der Waals surface area (Å²) < 4.78 is 5.23. The van der Waals surface area contributed by atoms with Gasteiger partial charge in [0, 0.05) is 49.5 Å². The molecule has 0 aliphatic carbocycles. The molecule has 168 valence electrons. The highest BCUT2D eigenvalue weighted by atomic mass is 16.5. The second-order valence-corrected chi connectivity index (χ2v) is 8.17. The minimum Gasteiger partial charge on any atom is -0.497 e. The van der Waals surface area contributed by atoms with E-state index in [1.165, 1.54) is 0 Å². The molecular formula is C24H28N4O4. The van der Waals surface area contributed by atoms with Gasteiger partial charge < -0.3 is 25.2 Å². The molecule has 1 unspecified atom stereocenters. The number of anilines is 2. The van der Waals surface area contributed by atoms with Crippen molar-refractivity contribution in [1.82, 2.24) is 10.2 Å². The molecule has 0 aromatic heterocycles. The molecule has 2 saturated heterocycles. The van der Waals surface area contributed by atoms with Gasteiger partial charge in [-0.05, 0) is 37.1 Å². The van der Waals surface area contributed by atoms with Crippen LogP contribution in [-0.4, -0.2) is 55.5 Å². The smallest absolute Gasteiger partial charge is 0.321 e. The molecule has 2 N–H and O–H groups in total. The SMILES string of the molecule is COc1cccc(N2CC(C(=O)NC3CCN(C(=O)Nc4ccccc4)CC3)CC2=O)c1. The molecule has 8 nitrogen and oxygen atoms in total. The van der Waals surface area contributed by atoms with Gasteiger partial charge >= 0.3 is 6.03 Å². The molecule has 32 heavy (non-hydrogen) atoms. The van der Waals surface area contributed by atoms with Gasteiger partial charge in [-0.25, -0.2) is 4.79 Å². The number of nitrogens with one attached hydrogen (secondary N) is 2. The van der Waals surface area contributed by atoms with Gasteiger partial charge in [-0.2, -0.15) is 0 Å². The second kappa shape index (κ2) is 9.72. The van der Waals surface area contributed by atoms with E-state index >= 15 is 0 Å². The molecule has 2 aliphatic heterocycles. The van der Waals surface area contributed by atoms with Crippen LogP contribution in [0.5, 0.6) is 5.75 Å². The Morgan fingerprint density at radius 1 is 1.03 bits per heavy atom. The van der Waals surface area contributed by atoms with Crippen molar-refractivity contribution < 1.29 is 19.1 Å². The van der Waals surface area contributed by atoms with Gasteiger partial charge in [0.1, 0.15) is 5.75 Å². The summed E-state index contributed by atoms with van der Waals surface area (Å²) in [6, 6.07) is 16.5. The Balaban J connectivity index is 1.26. The first-order chi connectivity index (χ1) is 15.5. The molecule has 0 bridgehead atoms. The Morgan fingerprint density at radius 3 is 2.50 bits per heavy atom. The van der Waals surface area contributed by atoms with Crippen molar-refractivity contribution in [2.24, 2.45) is 5.92 Å². The fourth-order valence-electron chi connectivity index (χ4n) is 4.18. The zero-order chi connectivity index (χ0) is 22.5. The molecule has 2 aromatic carbocycles. The van der Waals surface area contributed by atoms with Crippen LogP contribution in [0.4, 0.5) is 16.2 Å². The highest BCUT2D eigenvalue weighted by Crippen LogP contribution is 2.28. The van der Waals surface area contributed by atoms with E-state index < -0.39 is 0 Å². The molecule has 0 saturated carbocycles. The molecule has 2 aromatic rings. The van der Waals surface area contributed by atoms with E-state index in [4.69, 9.17) is 4.74 Å². The number of nitrogens with zero attached hydrogens (tertiary/aromatic N) is 2. The fraction of sp³-hybridized carbons (Fsp3) is 0.375. The summed E-state index contributed by atoms with van der Waals surface area (Å²) >= 11 is 0. The second-order valence-electron chi connectivity index (χ2n) is 8.17. The van der Waals surface area contributed by atoms with Crippen LogP contribution in [0.2, 0.25) is 0 Å². The normalized spacial score (nSPS) is 19.0. The molecule has 2 fully saturated rings. The van der Waals surface area contributed by atoms with Crippen LogP contribution in [0.1, 0.15) is 19.3 Å². The van der Waals surface area contributed by atoms with E-state index in [0.717, 1.165) is 11.4 Å². The molecule has 2 heterocycles. The van der Waals surface area contributed by atoms with E-state index in [9.17, 15) is 14.4 Å². The number of likely N-dealkylation sites (tertiary alicyclic amines) is 1. The minimum atomic E-state index is -0.381. The summed E-state index contributed by atoms with van der Waals surface area (Å²) in [6.07, 6.45) is 1.57. The molecular weight excluding hydrogens is 408 g/mol. The van der Waals surface area contributed by atoms with Gasteiger partial charge in [-0.15, -0.1) is 0 Å². The Morgan fingerprint density at radius 2 is 1.78 bits per heavy atom. The van der Waals surface area contributed by atoms with Gasteiger partial charge in [-0.1, -0.05) is 24.3 Å². The lowest BCUT2D eigenvalue weighted by atomic mass is 10.0. The average Bonchev–Trinajstić information content (AvgIpc) is 3.22. The first-order valence-corrected chi connectivity index (χ1v) is 10.9. The lowest BCUT2D eigenvalue weighted by Crippen LogP contribution is -2.49. The Bertz CT molecular complexity index is 973. The number of benzene rings is 2. The van der Waals surface area contributed by atoms with Gasteiger partial charge in [-0.3, -0.25) is 9.59 Å². The van der Waals surface area contributed by atoms with Crippen molar-refractivity contribution in [2.45, 2.75) is 25.3 Å². The van der Waals surface area contributed by atoms with Crippen molar-refractivity contribution in [2.75, 3.05) is 37.0 Å². The zero-order valence-corrected chi connectivity index (χ0v) is 18.1. The predicted octanol–water partition coefficient (Wildman–Crippen LogP) is 2.86. The van der Waals surface area contributed by atoms with Crippen LogP contribution in [0.3, 0.4) is 0 Å². The summed E-state index contributed by atoms with van der Waals surface area (Å²) in [4.78, 5) is 41.2. The van der Waals surface area contributed by atoms with Crippen molar-refractivity contribution in [3.63, 3.8) is 0 Å². The van der Waals surface area contributed by atoms with Crippen molar-refractivity contribution in [3.05, 3.63) is 54.6 Å². The van der Waals surface area contributed by atoms with Gasteiger partial charge in [0.2, 0.25) is 11.8 Å². The number of rotatable bonds is 5. The fourth-order valence-corrected chi connectivity index (χ4v) is 4.18. The summed E-state index contributed by atoms with van der Waals surface area (Å²) in [5, 5.41) is 5.98. The number of carbonyl (C=O) groups is 3. The maximum atomic E-state index is 12.8. The number of para-hydroxylation sites is 1. The quantitative estimate of drug-likeness (QED) is 0.754. The standard InChI is InChI=1S/C24H28N4O4/c1-32-21-9-5-8-20(15-21)28-16-17(14-22(28)29)23(30)25-19-10-12-27(13-11-19)24(31)26-18-6-3-2-4-7-18/h2-9,15,17,19H,10-14,16H2,1H3,(H,25,30)(H,26,31). The Labute approximate surface area is 187 Å². The number of methoxy groups -OCH3 is 1. The van der Waals surface area contributed by atoms with Crippen LogP contribution >= 0.6 is 0 Å². The monoisotopic (exact) mass is 436 g/mol. The van der Waals surface area contributed by atoms with Gasteiger partial charge in [0.15, 0.2) is 0 Å².